The number of hydrogen-bond acceptors (Lipinski definition) is 4. The van der Waals surface area contributed by atoms with Crippen LogP contribution in [0.2, 0.25) is 0 Å². The number of hydrogen-bond donors (Lipinski definition) is 2. The number of likely N-dealkylation sites (tertiary alicyclic amines) is 1. The smallest absolute Gasteiger partial charge is 0.306 e. The molecule has 0 spiro atoms. The van der Waals surface area contributed by atoms with E-state index in [0.717, 1.165) is 56.4 Å². The number of carboxylic acids is 1. The fraction of sp³-hybridized carbons (Fsp3) is 0.360. The molecule has 0 unspecified atom stereocenters. The summed E-state index contributed by atoms with van der Waals surface area (Å²) in [5, 5.41) is 11.9. The first-order chi connectivity index (χ1) is 15.5. The lowest BCUT2D eigenvalue weighted by Crippen LogP contribution is -2.36. The minimum Gasteiger partial charge on any atom is -0.487 e. The molecule has 0 saturated carbocycles. The maximum absolute atomic E-state index is 13.8. The number of ether oxygens (including phenoxy) is 1. The first-order valence-electron chi connectivity index (χ1n) is 11.1. The van der Waals surface area contributed by atoms with Crippen molar-refractivity contribution in [3.05, 3.63) is 64.5 Å². The molecule has 3 heterocycles. The molecule has 0 aliphatic carbocycles. The average molecular weight is 436 g/mol. The first-order valence-corrected chi connectivity index (χ1v) is 11.1. The molecule has 2 aromatic rings. The van der Waals surface area contributed by atoms with Crippen molar-refractivity contribution in [2.45, 2.75) is 32.3 Å². The Hall–Kier alpha value is -3.19. The molecule has 0 radical (unpaired) electrons. The number of carbonyl (C=O) groups is 2. The number of aryl methyl sites for hydroxylation is 1. The molecule has 3 aliphatic rings. The second-order valence-electron chi connectivity index (χ2n) is 8.69. The fourth-order valence-electron chi connectivity index (χ4n) is 4.85. The van der Waals surface area contributed by atoms with Gasteiger partial charge in [-0.25, -0.2) is 4.39 Å². The molecular weight excluding hydrogens is 411 g/mol. The highest BCUT2D eigenvalue weighted by Crippen LogP contribution is 2.42. The number of amides is 1. The Kier molecular flexibility index (Phi) is 5.43. The third-order valence-electron chi connectivity index (χ3n) is 6.62. The van der Waals surface area contributed by atoms with Gasteiger partial charge < -0.3 is 20.1 Å². The summed E-state index contributed by atoms with van der Waals surface area (Å²) in [4.78, 5) is 26.0. The topological polar surface area (TPSA) is 78.9 Å². The van der Waals surface area contributed by atoms with Crippen molar-refractivity contribution in [3.63, 3.8) is 0 Å². The molecule has 2 aromatic carbocycles. The van der Waals surface area contributed by atoms with Crippen LogP contribution in [-0.2, 0) is 27.4 Å². The number of nitrogens with one attached hydrogen (secondary N) is 1. The van der Waals surface area contributed by atoms with Crippen molar-refractivity contribution in [2.75, 3.05) is 25.0 Å². The van der Waals surface area contributed by atoms with Gasteiger partial charge >= 0.3 is 5.97 Å². The Labute approximate surface area is 185 Å². The lowest BCUT2D eigenvalue weighted by molar-refractivity contribution is -0.143. The van der Waals surface area contributed by atoms with E-state index in [0.29, 0.717) is 29.2 Å². The predicted octanol–water partition coefficient (Wildman–Crippen LogP) is 3.91. The zero-order valence-corrected chi connectivity index (χ0v) is 17.7. The summed E-state index contributed by atoms with van der Waals surface area (Å²) in [6.07, 6.45) is 3.38. The molecule has 1 saturated heterocycles. The van der Waals surface area contributed by atoms with E-state index >= 15 is 0 Å². The molecular formula is C25H25FN2O4. The zero-order chi connectivity index (χ0) is 22.2. The van der Waals surface area contributed by atoms with Crippen LogP contribution >= 0.6 is 0 Å². The first kappa shape index (κ1) is 20.7. The van der Waals surface area contributed by atoms with Gasteiger partial charge in [0.25, 0.3) is 5.91 Å². The van der Waals surface area contributed by atoms with Gasteiger partial charge in [0.2, 0.25) is 0 Å². The summed E-state index contributed by atoms with van der Waals surface area (Å²) in [5.74, 6) is -1.03. The quantitative estimate of drug-likeness (QED) is 0.695. The Morgan fingerprint density at radius 1 is 1.16 bits per heavy atom. The third kappa shape index (κ3) is 3.88. The monoisotopic (exact) mass is 436 g/mol. The van der Waals surface area contributed by atoms with Crippen LogP contribution in [0.3, 0.4) is 0 Å². The number of piperidine rings is 1. The number of benzene rings is 2. The molecule has 2 N–H and O–H groups in total. The number of halogens is 1. The molecule has 5 rings (SSSR count). The van der Waals surface area contributed by atoms with Crippen LogP contribution in [0, 0.1) is 11.7 Å². The van der Waals surface area contributed by atoms with E-state index in [1.807, 2.05) is 6.07 Å². The Morgan fingerprint density at radius 2 is 1.97 bits per heavy atom. The molecule has 6 nitrogen and oxygen atoms in total. The van der Waals surface area contributed by atoms with Crippen LogP contribution in [0.4, 0.5) is 10.1 Å². The maximum atomic E-state index is 13.8. The number of anilines is 1. The Morgan fingerprint density at radius 3 is 2.75 bits per heavy atom. The number of carbonyl (C=O) groups excluding carboxylic acids is 1. The van der Waals surface area contributed by atoms with Gasteiger partial charge in [-0.2, -0.15) is 0 Å². The van der Waals surface area contributed by atoms with Crippen molar-refractivity contribution in [2.24, 2.45) is 5.92 Å². The van der Waals surface area contributed by atoms with Crippen molar-refractivity contribution in [1.29, 1.82) is 0 Å². The minimum absolute atomic E-state index is 0.198. The molecule has 1 amide bonds. The molecule has 0 atom stereocenters. The summed E-state index contributed by atoms with van der Waals surface area (Å²) in [5.41, 5.74) is 4.64. The second-order valence-corrected chi connectivity index (χ2v) is 8.69. The van der Waals surface area contributed by atoms with E-state index in [4.69, 9.17) is 9.84 Å². The molecule has 166 valence electrons. The van der Waals surface area contributed by atoms with Crippen LogP contribution < -0.4 is 5.32 Å². The van der Waals surface area contributed by atoms with Gasteiger partial charge in [0.15, 0.2) is 0 Å². The Bertz CT molecular complexity index is 1120. The summed E-state index contributed by atoms with van der Waals surface area (Å²) < 4.78 is 19.7. The van der Waals surface area contributed by atoms with E-state index in [1.165, 1.54) is 17.7 Å². The van der Waals surface area contributed by atoms with E-state index in [9.17, 15) is 14.0 Å². The van der Waals surface area contributed by atoms with Crippen molar-refractivity contribution in [3.8, 4) is 0 Å². The Balaban J connectivity index is 1.26. The van der Waals surface area contributed by atoms with Crippen molar-refractivity contribution >= 4 is 28.9 Å². The van der Waals surface area contributed by atoms with Crippen molar-refractivity contribution in [1.82, 2.24) is 4.90 Å². The largest absolute Gasteiger partial charge is 0.487 e. The normalized spacial score (nSPS) is 20.6. The van der Waals surface area contributed by atoms with Gasteiger partial charge in [-0.15, -0.1) is 0 Å². The minimum atomic E-state index is -0.678. The SMILES string of the molecule is O=C1Nc2ccc(F)cc2C1=C1OCc2cc(CCCN3CCC(C(=O)O)CC3)ccc21. The zero-order valence-electron chi connectivity index (χ0n) is 17.7. The van der Waals surface area contributed by atoms with Crippen LogP contribution in [0.25, 0.3) is 11.3 Å². The summed E-state index contributed by atoms with van der Waals surface area (Å²) >= 11 is 0. The second kappa shape index (κ2) is 8.39. The number of nitrogens with zero attached hydrogens (tertiary/aromatic N) is 1. The third-order valence-corrected chi connectivity index (χ3v) is 6.62. The van der Waals surface area contributed by atoms with Crippen LogP contribution in [0.5, 0.6) is 0 Å². The maximum Gasteiger partial charge on any atom is 0.306 e. The standard InChI is InChI=1S/C25H25FN2O4/c26-18-4-6-21-20(13-18)22(24(29)27-21)23-19-5-3-15(12-17(19)14-32-23)2-1-9-28-10-7-16(8-11-28)25(30)31/h3-6,12-13,16H,1-2,7-11,14H2,(H,27,29)(H,30,31). The van der Waals surface area contributed by atoms with Gasteiger partial charge in [0.05, 0.1) is 11.5 Å². The molecule has 1 fully saturated rings. The highest BCUT2D eigenvalue weighted by atomic mass is 19.1. The molecule has 0 bridgehead atoms. The van der Waals surface area contributed by atoms with Gasteiger partial charge in [-0.05, 0) is 69.1 Å². The number of carboxylic acid groups (broad SMARTS) is 1. The molecule has 3 aliphatic heterocycles. The lowest BCUT2D eigenvalue weighted by Gasteiger charge is -2.29. The number of aliphatic carboxylic acids is 1. The van der Waals surface area contributed by atoms with Gasteiger partial charge in [-0.1, -0.05) is 18.2 Å². The van der Waals surface area contributed by atoms with Gasteiger partial charge in [0.1, 0.15) is 18.2 Å². The number of fused-ring (bicyclic) bond motifs is 2. The average Bonchev–Trinajstić information content (AvgIpc) is 3.33. The summed E-state index contributed by atoms with van der Waals surface area (Å²) in [6, 6.07) is 10.4. The summed E-state index contributed by atoms with van der Waals surface area (Å²) in [7, 11) is 0. The highest BCUT2D eigenvalue weighted by Gasteiger charge is 2.33. The number of rotatable bonds is 5. The van der Waals surface area contributed by atoms with Gasteiger partial charge in [0, 0.05) is 22.4 Å². The summed E-state index contributed by atoms with van der Waals surface area (Å²) in [6.45, 7) is 3.03. The van der Waals surface area contributed by atoms with Crippen LogP contribution in [0.15, 0.2) is 36.4 Å². The van der Waals surface area contributed by atoms with Crippen LogP contribution in [-0.4, -0.2) is 41.5 Å². The van der Waals surface area contributed by atoms with Gasteiger partial charge in [-0.3, -0.25) is 9.59 Å². The van der Waals surface area contributed by atoms with Crippen LogP contribution in [0.1, 0.15) is 41.5 Å². The lowest BCUT2D eigenvalue weighted by atomic mass is 9.96. The predicted molar refractivity (Wildman–Crippen MR) is 118 cm³/mol. The molecule has 32 heavy (non-hydrogen) atoms. The molecule has 7 heteroatoms. The highest BCUT2D eigenvalue weighted by molar-refractivity contribution is 6.36. The fourth-order valence-corrected chi connectivity index (χ4v) is 4.85. The van der Waals surface area contributed by atoms with E-state index in [2.05, 4.69) is 22.3 Å². The van der Waals surface area contributed by atoms with Crippen molar-refractivity contribution < 1.29 is 23.8 Å². The van der Waals surface area contributed by atoms with E-state index in [1.54, 1.807) is 6.07 Å². The molecule has 0 aromatic heterocycles. The van der Waals surface area contributed by atoms with E-state index < -0.39 is 5.97 Å². The van der Waals surface area contributed by atoms with E-state index in [-0.39, 0.29) is 17.6 Å².